The number of halogens is 1. The van der Waals surface area contributed by atoms with Crippen molar-refractivity contribution >= 4 is 29.4 Å². The lowest BCUT2D eigenvalue weighted by Crippen LogP contribution is -2.17. The van der Waals surface area contributed by atoms with Gasteiger partial charge in [-0.25, -0.2) is 5.43 Å². The average molecular weight is 274 g/mol. The minimum atomic E-state index is -0.324. The number of nitrogens with zero attached hydrogens (tertiary/aromatic N) is 1. The van der Waals surface area contributed by atoms with Gasteiger partial charge in [0.1, 0.15) is 0 Å². The van der Waals surface area contributed by atoms with Crippen LogP contribution in [0.5, 0.6) is 0 Å². The Morgan fingerprint density at radius 1 is 1.21 bits per heavy atom. The van der Waals surface area contributed by atoms with Gasteiger partial charge in [-0.15, -0.1) is 0 Å². The molecule has 0 aliphatic carbocycles. The molecule has 2 aromatic carbocycles. The fourth-order valence-electron chi connectivity index (χ4n) is 1.48. The third kappa shape index (κ3) is 3.56. The molecule has 0 saturated heterocycles. The first-order chi connectivity index (χ1) is 9.16. The fraction of sp³-hybridized carbons (Fsp3) is 0. The van der Waals surface area contributed by atoms with E-state index in [0.717, 1.165) is 5.56 Å². The van der Waals surface area contributed by atoms with Crippen molar-refractivity contribution in [1.82, 2.24) is 5.43 Å². The van der Waals surface area contributed by atoms with Gasteiger partial charge in [-0.2, -0.15) is 5.10 Å². The third-order valence-electron chi connectivity index (χ3n) is 2.42. The van der Waals surface area contributed by atoms with Gasteiger partial charge in [-0.1, -0.05) is 35.9 Å². The summed E-state index contributed by atoms with van der Waals surface area (Å²) in [6, 6.07) is 13.9. The highest BCUT2D eigenvalue weighted by Crippen LogP contribution is 2.12. The van der Waals surface area contributed by atoms with E-state index < -0.39 is 0 Å². The van der Waals surface area contributed by atoms with Gasteiger partial charge in [0.15, 0.2) is 0 Å². The van der Waals surface area contributed by atoms with Crippen LogP contribution in [0.1, 0.15) is 15.9 Å². The van der Waals surface area contributed by atoms with E-state index >= 15 is 0 Å². The topological polar surface area (TPSA) is 67.5 Å². The van der Waals surface area contributed by atoms with E-state index in [4.69, 9.17) is 17.3 Å². The second kappa shape index (κ2) is 6.02. The van der Waals surface area contributed by atoms with Crippen LogP contribution in [0.25, 0.3) is 0 Å². The maximum absolute atomic E-state index is 11.8. The molecule has 1 amide bonds. The first-order valence-electron chi connectivity index (χ1n) is 5.60. The van der Waals surface area contributed by atoms with Crippen LogP contribution >= 0.6 is 11.6 Å². The molecule has 0 heterocycles. The van der Waals surface area contributed by atoms with Crippen molar-refractivity contribution < 1.29 is 4.79 Å². The zero-order chi connectivity index (χ0) is 13.7. The van der Waals surface area contributed by atoms with Crippen molar-refractivity contribution in [3.63, 3.8) is 0 Å². The molecule has 0 aliphatic heterocycles. The lowest BCUT2D eigenvalue weighted by molar-refractivity contribution is 0.0955. The van der Waals surface area contributed by atoms with E-state index in [2.05, 4.69) is 10.5 Å². The summed E-state index contributed by atoms with van der Waals surface area (Å²) in [7, 11) is 0. The zero-order valence-electron chi connectivity index (χ0n) is 10.0. The number of amides is 1. The van der Waals surface area contributed by atoms with Crippen molar-refractivity contribution in [2.45, 2.75) is 0 Å². The quantitative estimate of drug-likeness (QED) is 0.513. The number of hydrogen-bond donors (Lipinski definition) is 2. The Morgan fingerprint density at radius 3 is 2.74 bits per heavy atom. The summed E-state index contributed by atoms with van der Waals surface area (Å²) in [6.45, 7) is 0. The molecule has 0 unspecified atom stereocenters. The van der Waals surface area contributed by atoms with Crippen LogP contribution in [-0.4, -0.2) is 12.1 Å². The molecule has 0 aromatic heterocycles. The lowest BCUT2D eigenvalue weighted by Gasteiger charge is -2.01. The van der Waals surface area contributed by atoms with Crippen LogP contribution in [0.4, 0.5) is 5.69 Å². The van der Waals surface area contributed by atoms with Crippen molar-refractivity contribution in [3.05, 3.63) is 64.7 Å². The number of nitrogens with two attached hydrogens (primary N) is 1. The van der Waals surface area contributed by atoms with Gasteiger partial charge in [-0.05, 0) is 24.3 Å². The molecular formula is C14H12ClN3O. The fourth-order valence-corrected chi connectivity index (χ4v) is 1.67. The van der Waals surface area contributed by atoms with Gasteiger partial charge in [0.25, 0.3) is 5.91 Å². The lowest BCUT2D eigenvalue weighted by atomic mass is 10.2. The van der Waals surface area contributed by atoms with Crippen molar-refractivity contribution in [2.75, 3.05) is 5.73 Å². The van der Waals surface area contributed by atoms with Crippen LogP contribution in [0, 0.1) is 0 Å². The molecule has 4 nitrogen and oxygen atoms in total. The maximum Gasteiger partial charge on any atom is 0.271 e. The highest BCUT2D eigenvalue weighted by Gasteiger charge is 2.03. The number of hydrazone groups is 1. The van der Waals surface area contributed by atoms with Crippen LogP contribution < -0.4 is 11.2 Å². The van der Waals surface area contributed by atoms with Gasteiger partial charge >= 0.3 is 0 Å². The summed E-state index contributed by atoms with van der Waals surface area (Å²) in [5.74, 6) is -0.324. The number of benzene rings is 2. The summed E-state index contributed by atoms with van der Waals surface area (Å²) in [5.41, 5.74) is 9.74. The van der Waals surface area contributed by atoms with E-state index in [1.807, 2.05) is 12.1 Å². The molecule has 96 valence electrons. The number of carbonyl (C=O) groups is 1. The third-order valence-corrected chi connectivity index (χ3v) is 2.77. The highest BCUT2D eigenvalue weighted by molar-refractivity contribution is 6.33. The number of nitrogens with one attached hydrogen (secondary N) is 1. The number of anilines is 1. The number of carbonyl (C=O) groups excluding carboxylic acids is 1. The Balaban J connectivity index is 2.03. The van der Waals surface area contributed by atoms with E-state index in [1.165, 1.54) is 6.21 Å². The smallest absolute Gasteiger partial charge is 0.271 e. The summed E-state index contributed by atoms with van der Waals surface area (Å²) in [4.78, 5) is 11.8. The molecule has 0 fully saturated rings. The van der Waals surface area contributed by atoms with Gasteiger partial charge in [0.2, 0.25) is 0 Å². The first-order valence-corrected chi connectivity index (χ1v) is 5.98. The summed E-state index contributed by atoms with van der Waals surface area (Å²) in [6.07, 6.45) is 1.49. The molecule has 3 N–H and O–H groups in total. The molecule has 5 heteroatoms. The van der Waals surface area contributed by atoms with Crippen LogP contribution in [-0.2, 0) is 0 Å². The SMILES string of the molecule is Nc1cccc(C(=O)NN=Cc2ccccc2Cl)c1. The van der Waals surface area contributed by atoms with Crippen molar-refractivity contribution in [2.24, 2.45) is 5.10 Å². The molecule has 19 heavy (non-hydrogen) atoms. The molecule has 0 bridgehead atoms. The largest absolute Gasteiger partial charge is 0.399 e. The van der Waals surface area contributed by atoms with E-state index in [0.29, 0.717) is 16.3 Å². The number of nitrogen functional groups attached to an aromatic ring is 1. The minimum Gasteiger partial charge on any atom is -0.399 e. The van der Waals surface area contributed by atoms with Crippen LogP contribution in [0.3, 0.4) is 0 Å². The van der Waals surface area contributed by atoms with Gasteiger partial charge < -0.3 is 5.73 Å². The Labute approximate surface area is 115 Å². The van der Waals surface area contributed by atoms with Crippen LogP contribution in [0.2, 0.25) is 5.02 Å². The summed E-state index contributed by atoms with van der Waals surface area (Å²) in [5, 5.41) is 4.43. The molecule has 0 spiro atoms. The Morgan fingerprint density at radius 2 is 2.00 bits per heavy atom. The average Bonchev–Trinajstić information content (AvgIpc) is 2.41. The second-order valence-electron chi connectivity index (χ2n) is 3.85. The van der Waals surface area contributed by atoms with Gasteiger partial charge in [0.05, 0.1) is 6.21 Å². The molecular weight excluding hydrogens is 262 g/mol. The molecule has 0 atom stereocenters. The molecule has 0 saturated carbocycles. The molecule has 0 radical (unpaired) electrons. The predicted molar refractivity (Wildman–Crippen MR) is 77.4 cm³/mol. The van der Waals surface area contributed by atoms with E-state index in [1.54, 1.807) is 36.4 Å². The molecule has 2 aromatic rings. The Hall–Kier alpha value is -2.33. The number of rotatable bonds is 3. The summed E-state index contributed by atoms with van der Waals surface area (Å²) >= 11 is 5.96. The predicted octanol–water partition coefficient (Wildman–Crippen LogP) is 2.69. The van der Waals surface area contributed by atoms with E-state index in [-0.39, 0.29) is 5.91 Å². The van der Waals surface area contributed by atoms with Gasteiger partial charge in [0, 0.05) is 21.8 Å². The minimum absolute atomic E-state index is 0.324. The number of hydrogen-bond acceptors (Lipinski definition) is 3. The first kappa shape index (κ1) is 13.1. The maximum atomic E-state index is 11.8. The highest BCUT2D eigenvalue weighted by atomic mass is 35.5. The standard InChI is InChI=1S/C14H12ClN3O/c15-13-7-2-1-4-11(13)9-17-18-14(19)10-5-3-6-12(16)8-10/h1-9H,16H2,(H,18,19). The Bertz CT molecular complexity index is 626. The van der Waals surface area contributed by atoms with E-state index in [9.17, 15) is 4.79 Å². The normalized spacial score (nSPS) is 10.6. The zero-order valence-corrected chi connectivity index (χ0v) is 10.8. The van der Waals surface area contributed by atoms with Crippen molar-refractivity contribution in [3.8, 4) is 0 Å². The summed E-state index contributed by atoms with van der Waals surface area (Å²) < 4.78 is 0. The second-order valence-corrected chi connectivity index (χ2v) is 4.25. The Kier molecular flexibility index (Phi) is 4.15. The van der Waals surface area contributed by atoms with Crippen LogP contribution in [0.15, 0.2) is 53.6 Å². The monoisotopic (exact) mass is 273 g/mol. The van der Waals surface area contributed by atoms with Crippen molar-refractivity contribution in [1.29, 1.82) is 0 Å². The molecule has 2 rings (SSSR count). The van der Waals surface area contributed by atoms with Gasteiger partial charge in [-0.3, -0.25) is 4.79 Å². The molecule has 0 aliphatic rings.